The number of rotatable bonds is 3. The Labute approximate surface area is 92.2 Å². The van der Waals surface area contributed by atoms with Gasteiger partial charge in [-0.05, 0) is 12.5 Å². The monoisotopic (exact) mass is 229 g/mol. The van der Waals surface area contributed by atoms with E-state index in [1.807, 2.05) is 0 Å². The van der Waals surface area contributed by atoms with Gasteiger partial charge < -0.3 is 10.5 Å². The molecule has 0 aliphatic heterocycles. The number of ether oxygens (including phenoxy) is 1. The van der Waals surface area contributed by atoms with E-state index < -0.39 is 17.9 Å². The Balaban J connectivity index is 3.27. The Morgan fingerprint density at radius 2 is 2.12 bits per heavy atom. The molecule has 1 aromatic carbocycles. The van der Waals surface area contributed by atoms with Gasteiger partial charge in [0.15, 0.2) is 0 Å². The normalized spacial score (nSPS) is 14.6. The number of nitrogens with two attached hydrogens (primary N) is 1. The van der Waals surface area contributed by atoms with Gasteiger partial charge in [-0.3, -0.25) is 0 Å². The third-order valence-electron chi connectivity index (χ3n) is 2.36. The molecule has 0 saturated carbocycles. The van der Waals surface area contributed by atoms with Crippen LogP contribution in [0.15, 0.2) is 24.3 Å². The number of hydrogen-bond acceptors (Lipinski definition) is 3. The zero-order valence-corrected chi connectivity index (χ0v) is 9.04. The standard InChI is InChI=1S/C11H13F2NO2/c1-7-4-3-5-8(6-7)11(14,9(12)13)10(15)16-2/h3-6,9H,14H2,1-2H3. The van der Waals surface area contributed by atoms with Crippen molar-refractivity contribution in [2.24, 2.45) is 5.73 Å². The second-order valence-corrected chi connectivity index (χ2v) is 3.53. The minimum atomic E-state index is -3.03. The molecule has 0 saturated heterocycles. The molecule has 1 rings (SSSR count). The summed E-state index contributed by atoms with van der Waals surface area (Å²) in [6.45, 7) is 1.73. The smallest absolute Gasteiger partial charge is 0.336 e. The molecule has 0 aromatic heterocycles. The summed E-state index contributed by atoms with van der Waals surface area (Å²) in [5.41, 5.74) is 3.86. The number of carbonyl (C=O) groups excluding carboxylic acids is 1. The Hall–Kier alpha value is -1.49. The van der Waals surface area contributed by atoms with Gasteiger partial charge in [0.05, 0.1) is 7.11 Å². The van der Waals surface area contributed by atoms with Crippen molar-refractivity contribution in [1.82, 2.24) is 0 Å². The van der Waals surface area contributed by atoms with Gasteiger partial charge in [-0.15, -0.1) is 0 Å². The van der Waals surface area contributed by atoms with E-state index in [2.05, 4.69) is 4.74 Å². The Morgan fingerprint density at radius 1 is 1.50 bits per heavy atom. The highest BCUT2D eigenvalue weighted by Gasteiger charge is 2.46. The molecule has 0 aliphatic carbocycles. The van der Waals surface area contributed by atoms with E-state index in [9.17, 15) is 13.6 Å². The number of carbonyl (C=O) groups is 1. The number of alkyl halides is 2. The first-order valence-corrected chi connectivity index (χ1v) is 4.65. The summed E-state index contributed by atoms with van der Waals surface area (Å²) in [7, 11) is 1.03. The summed E-state index contributed by atoms with van der Waals surface area (Å²) in [5, 5.41) is 0. The highest BCUT2D eigenvalue weighted by Crippen LogP contribution is 2.27. The largest absolute Gasteiger partial charge is 0.467 e. The average Bonchev–Trinajstić information content (AvgIpc) is 2.26. The molecule has 0 heterocycles. The summed E-state index contributed by atoms with van der Waals surface area (Å²) in [6.07, 6.45) is -3.03. The maximum Gasteiger partial charge on any atom is 0.336 e. The predicted octanol–water partition coefficient (Wildman–Crippen LogP) is 1.59. The van der Waals surface area contributed by atoms with Crippen molar-refractivity contribution in [3.63, 3.8) is 0 Å². The van der Waals surface area contributed by atoms with Crippen molar-refractivity contribution in [2.75, 3.05) is 7.11 Å². The van der Waals surface area contributed by atoms with E-state index in [1.54, 1.807) is 19.1 Å². The van der Waals surface area contributed by atoms with Crippen molar-refractivity contribution in [2.45, 2.75) is 18.9 Å². The van der Waals surface area contributed by atoms with Crippen LogP contribution in [0.5, 0.6) is 0 Å². The van der Waals surface area contributed by atoms with Crippen molar-refractivity contribution in [1.29, 1.82) is 0 Å². The number of hydrogen-bond donors (Lipinski definition) is 1. The third kappa shape index (κ3) is 2.04. The molecule has 3 nitrogen and oxygen atoms in total. The van der Waals surface area contributed by atoms with Gasteiger partial charge in [-0.25, -0.2) is 13.6 Å². The molecule has 1 unspecified atom stereocenters. The van der Waals surface area contributed by atoms with E-state index in [0.717, 1.165) is 12.7 Å². The molecule has 0 bridgehead atoms. The lowest BCUT2D eigenvalue weighted by Crippen LogP contribution is -2.51. The summed E-state index contributed by atoms with van der Waals surface area (Å²) in [4.78, 5) is 11.4. The molecule has 0 amide bonds. The van der Waals surface area contributed by atoms with E-state index in [1.165, 1.54) is 12.1 Å². The van der Waals surface area contributed by atoms with Crippen LogP contribution in [-0.4, -0.2) is 19.5 Å². The van der Waals surface area contributed by atoms with Crippen LogP contribution >= 0.6 is 0 Å². The number of benzene rings is 1. The van der Waals surface area contributed by atoms with Crippen LogP contribution < -0.4 is 5.73 Å². The highest BCUT2D eigenvalue weighted by molar-refractivity contribution is 5.83. The van der Waals surface area contributed by atoms with Crippen LogP contribution in [0.25, 0.3) is 0 Å². The first-order valence-electron chi connectivity index (χ1n) is 4.65. The number of halogens is 2. The highest BCUT2D eigenvalue weighted by atomic mass is 19.3. The van der Waals surface area contributed by atoms with Crippen LogP contribution in [0.4, 0.5) is 8.78 Å². The fourth-order valence-corrected chi connectivity index (χ4v) is 1.40. The Kier molecular flexibility index (Phi) is 3.59. The van der Waals surface area contributed by atoms with Crippen molar-refractivity contribution in [3.05, 3.63) is 35.4 Å². The molecule has 2 N–H and O–H groups in total. The molecule has 0 aliphatic rings. The summed E-state index contributed by atoms with van der Waals surface area (Å²) in [5.74, 6) is -1.15. The van der Waals surface area contributed by atoms with Gasteiger partial charge >= 0.3 is 5.97 Å². The fraction of sp³-hybridized carbons (Fsp3) is 0.364. The van der Waals surface area contributed by atoms with Crippen molar-refractivity contribution in [3.8, 4) is 0 Å². The average molecular weight is 229 g/mol. The number of methoxy groups -OCH3 is 1. The fourth-order valence-electron chi connectivity index (χ4n) is 1.40. The molecule has 16 heavy (non-hydrogen) atoms. The minimum Gasteiger partial charge on any atom is -0.467 e. The van der Waals surface area contributed by atoms with Gasteiger partial charge in [0, 0.05) is 0 Å². The molecule has 0 spiro atoms. The first-order chi connectivity index (χ1) is 7.42. The molecular weight excluding hydrogens is 216 g/mol. The maximum atomic E-state index is 12.9. The van der Waals surface area contributed by atoms with Crippen molar-refractivity contribution >= 4 is 5.97 Å². The number of esters is 1. The predicted molar refractivity (Wildman–Crippen MR) is 55.1 cm³/mol. The van der Waals surface area contributed by atoms with E-state index >= 15 is 0 Å². The zero-order chi connectivity index (χ0) is 12.3. The second kappa shape index (κ2) is 4.57. The molecule has 0 fully saturated rings. The van der Waals surface area contributed by atoms with Gasteiger partial charge in [0.1, 0.15) is 0 Å². The van der Waals surface area contributed by atoms with Crippen LogP contribution in [-0.2, 0) is 15.1 Å². The van der Waals surface area contributed by atoms with Crippen LogP contribution in [0.3, 0.4) is 0 Å². The molecule has 0 radical (unpaired) electrons. The second-order valence-electron chi connectivity index (χ2n) is 3.53. The van der Waals surface area contributed by atoms with E-state index in [0.29, 0.717) is 0 Å². The van der Waals surface area contributed by atoms with Gasteiger partial charge in [-0.2, -0.15) is 0 Å². The lowest BCUT2D eigenvalue weighted by atomic mass is 9.90. The summed E-state index contributed by atoms with van der Waals surface area (Å²) >= 11 is 0. The first kappa shape index (κ1) is 12.6. The maximum absolute atomic E-state index is 12.9. The third-order valence-corrected chi connectivity index (χ3v) is 2.36. The summed E-state index contributed by atoms with van der Waals surface area (Å²) in [6, 6.07) is 6.13. The van der Waals surface area contributed by atoms with Gasteiger partial charge in [-0.1, -0.05) is 29.8 Å². The molecule has 1 aromatic rings. The lowest BCUT2D eigenvalue weighted by Gasteiger charge is -2.26. The molecule has 5 heteroatoms. The van der Waals surface area contributed by atoms with Crippen LogP contribution in [0.2, 0.25) is 0 Å². The quantitative estimate of drug-likeness (QED) is 0.801. The molecule has 1 atom stereocenters. The van der Waals surface area contributed by atoms with E-state index in [4.69, 9.17) is 5.73 Å². The van der Waals surface area contributed by atoms with Crippen molar-refractivity contribution < 1.29 is 18.3 Å². The topological polar surface area (TPSA) is 52.3 Å². The van der Waals surface area contributed by atoms with Gasteiger partial charge in [0.25, 0.3) is 6.43 Å². The number of aryl methyl sites for hydroxylation is 1. The Morgan fingerprint density at radius 3 is 2.56 bits per heavy atom. The zero-order valence-electron chi connectivity index (χ0n) is 9.04. The van der Waals surface area contributed by atoms with Gasteiger partial charge in [0.2, 0.25) is 5.54 Å². The summed E-state index contributed by atoms with van der Waals surface area (Å²) < 4.78 is 30.2. The van der Waals surface area contributed by atoms with E-state index in [-0.39, 0.29) is 5.56 Å². The van der Waals surface area contributed by atoms with Crippen LogP contribution in [0.1, 0.15) is 11.1 Å². The van der Waals surface area contributed by atoms with Crippen LogP contribution in [0, 0.1) is 6.92 Å². The Bertz CT molecular complexity index is 395. The minimum absolute atomic E-state index is 0.0503. The molecular formula is C11H13F2NO2. The molecule has 88 valence electrons. The lowest BCUT2D eigenvalue weighted by molar-refractivity contribution is -0.154. The SMILES string of the molecule is COC(=O)C(N)(c1cccc(C)c1)C(F)F.